The van der Waals surface area contributed by atoms with E-state index in [0.29, 0.717) is 25.0 Å². The van der Waals surface area contributed by atoms with Gasteiger partial charge < -0.3 is 19.2 Å². The van der Waals surface area contributed by atoms with Gasteiger partial charge in [0.1, 0.15) is 22.9 Å². The molecule has 0 saturated carbocycles. The maximum atomic E-state index is 13.5. The quantitative estimate of drug-likeness (QED) is 0.104. The summed E-state index contributed by atoms with van der Waals surface area (Å²) in [5.74, 6) is -2.53. The molecule has 0 spiro atoms. The number of amides is 3. The highest BCUT2D eigenvalue weighted by atomic mass is 16.5. The summed E-state index contributed by atoms with van der Waals surface area (Å²) < 4.78 is 15.9. The first kappa shape index (κ1) is 27.5. The fourth-order valence-corrected chi connectivity index (χ4v) is 4.62. The Morgan fingerprint density at radius 3 is 2.27 bits per heavy atom. The molecule has 1 unspecified atom stereocenters. The van der Waals surface area contributed by atoms with Crippen LogP contribution in [0.5, 0.6) is 5.75 Å². The van der Waals surface area contributed by atoms with Gasteiger partial charge in [-0.05, 0) is 42.3 Å². The second-order valence-corrected chi connectivity index (χ2v) is 9.40. The zero-order chi connectivity index (χ0) is 28.9. The predicted octanol–water partition coefficient (Wildman–Crippen LogP) is 3.37. The van der Waals surface area contributed by atoms with Crippen molar-refractivity contribution < 1.29 is 33.1 Å². The first-order valence-corrected chi connectivity index (χ1v) is 12.9. The molecule has 0 radical (unpaired) electrons. The van der Waals surface area contributed by atoms with Gasteiger partial charge in [0, 0.05) is 38.1 Å². The number of nitrogens with one attached hydrogen (secondary N) is 1. The highest BCUT2D eigenvalue weighted by Crippen LogP contribution is 2.28. The molecule has 10 heteroatoms. The van der Waals surface area contributed by atoms with Crippen molar-refractivity contribution in [2.24, 2.45) is 0 Å². The van der Waals surface area contributed by atoms with E-state index in [2.05, 4.69) is 5.32 Å². The molecule has 0 fully saturated rings. The Bertz CT molecular complexity index is 1660. The zero-order valence-corrected chi connectivity index (χ0v) is 22.1. The molecule has 208 valence electrons. The van der Waals surface area contributed by atoms with E-state index < -0.39 is 35.4 Å². The number of esters is 1. The van der Waals surface area contributed by atoms with Gasteiger partial charge in [0.25, 0.3) is 17.7 Å². The lowest BCUT2D eigenvalue weighted by atomic mass is 10.0. The summed E-state index contributed by atoms with van der Waals surface area (Å²) in [4.78, 5) is 65.8. The Hall–Kier alpha value is -5.09. The van der Waals surface area contributed by atoms with Gasteiger partial charge in [0.2, 0.25) is 0 Å². The number of hydrogen-bond donors (Lipinski definition) is 1. The number of imide groups is 1. The van der Waals surface area contributed by atoms with Gasteiger partial charge >= 0.3 is 11.6 Å². The Balaban J connectivity index is 1.39. The second kappa shape index (κ2) is 12.0. The maximum Gasteiger partial charge on any atom is 0.349 e. The molecule has 10 nitrogen and oxygen atoms in total. The number of rotatable bonds is 10. The third kappa shape index (κ3) is 5.78. The molecular weight excluding hydrogens is 528 g/mol. The number of carbonyl (C=O) groups is 4. The van der Waals surface area contributed by atoms with Crippen LogP contribution in [0.1, 0.15) is 43.1 Å². The van der Waals surface area contributed by atoms with Crippen molar-refractivity contribution in [1.29, 1.82) is 0 Å². The summed E-state index contributed by atoms with van der Waals surface area (Å²) in [7, 11) is 1.55. The van der Waals surface area contributed by atoms with Crippen molar-refractivity contribution in [3.05, 3.63) is 112 Å². The van der Waals surface area contributed by atoms with Gasteiger partial charge in [-0.1, -0.05) is 42.5 Å². The van der Waals surface area contributed by atoms with Crippen LogP contribution < -0.4 is 15.7 Å². The maximum absolute atomic E-state index is 13.5. The Morgan fingerprint density at radius 2 is 1.59 bits per heavy atom. The predicted molar refractivity (Wildman–Crippen MR) is 148 cm³/mol. The standard InChI is InChI=1S/C31H26N2O8/c1-39-15-7-14-32-27(34)24-17-20-12-13-21(18-26(20)41-30(24)37)40-31(38)25(16-19-8-3-2-4-9-19)33-28(35)22-10-5-6-11-23(22)29(33)36/h2-6,8-13,17-18,25H,7,14-16H2,1H3,(H,32,34). The summed E-state index contributed by atoms with van der Waals surface area (Å²) in [5, 5.41) is 3.08. The minimum Gasteiger partial charge on any atom is -0.425 e. The highest BCUT2D eigenvalue weighted by Gasteiger charge is 2.43. The van der Waals surface area contributed by atoms with E-state index in [1.54, 1.807) is 55.6 Å². The van der Waals surface area contributed by atoms with Crippen LogP contribution in [-0.4, -0.2) is 54.9 Å². The van der Waals surface area contributed by atoms with Crippen molar-refractivity contribution in [3.63, 3.8) is 0 Å². The van der Waals surface area contributed by atoms with Gasteiger partial charge in [-0.2, -0.15) is 0 Å². The molecule has 0 aliphatic carbocycles. The summed E-state index contributed by atoms with van der Waals surface area (Å²) >= 11 is 0. The highest BCUT2D eigenvalue weighted by molar-refractivity contribution is 6.22. The Morgan fingerprint density at radius 1 is 0.902 bits per heavy atom. The van der Waals surface area contributed by atoms with Crippen molar-refractivity contribution in [1.82, 2.24) is 10.2 Å². The van der Waals surface area contributed by atoms with Crippen LogP contribution in [0.15, 0.2) is 88.1 Å². The van der Waals surface area contributed by atoms with E-state index in [1.807, 2.05) is 6.07 Å². The lowest BCUT2D eigenvalue weighted by Crippen LogP contribution is -2.48. The number of nitrogens with zero attached hydrogens (tertiary/aromatic N) is 1. The Kier molecular flexibility index (Phi) is 8.02. The lowest BCUT2D eigenvalue weighted by Gasteiger charge is -2.24. The smallest absolute Gasteiger partial charge is 0.349 e. The van der Waals surface area contributed by atoms with Crippen LogP contribution in [0.25, 0.3) is 11.0 Å². The Labute approximate surface area is 234 Å². The fourth-order valence-electron chi connectivity index (χ4n) is 4.62. The summed E-state index contributed by atoms with van der Waals surface area (Å²) in [6.07, 6.45) is 0.624. The van der Waals surface area contributed by atoms with E-state index in [4.69, 9.17) is 13.9 Å². The molecule has 1 aliphatic rings. The topological polar surface area (TPSA) is 132 Å². The lowest BCUT2D eigenvalue weighted by molar-refractivity contribution is -0.138. The molecule has 41 heavy (non-hydrogen) atoms. The van der Waals surface area contributed by atoms with Crippen molar-refractivity contribution in [3.8, 4) is 5.75 Å². The number of ether oxygens (including phenoxy) is 2. The molecule has 0 saturated heterocycles. The molecule has 1 aromatic heterocycles. The van der Waals surface area contributed by atoms with Crippen LogP contribution in [0, 0.1) is 0 Å². The number of methoxy groups -OCH3 is 1. The summed E-state index contributed by atoms with van der Waals surface area (Å²) in [6.45, 7) is 0.795. The number of fused-ring (bicyclic) bond motifs is 2. The van der Waals surface area contributed by atoms with E-state index in [0.717, 1.165) is 10.5 Å². The van der Waals surface area contributed by atoms with Crippen LogP contribution in [0.2, 0.25) is 0 Å². The van der Waals surface area contributed by atoms with Crippen molar-refractivity contribution >= 4 is 34.7 Å². The van der Waals surface area contributed by atoms with Crippen LogP contribution in [0.3, 0.4) is 0 Å². The summed E-state index contributed by atoms with van der Waals surface area (Å²) in [6, 6.07) is 19.9. The monoisotopic (exact) mass is 554 g/mol. The average Bonchev–Trinajstić information content (AvgIpc) is 3.23. The first-order chi connectivity index (χ1) is 19.9. The van der Waals surface area contributed by atoms with Gasteiger partial charge in [0.05, 0.1) is 11.1 Å². The number of carbonyl (C=O) groups excluding carboxylic acids is 4. The van der Waals surface area contributed by atoms with Crippen LogP contribution >= 0.6 is 0 Å². The minimum absolute atomic E-state index is 0.0384. The third-order valence-corrected chi connectivity index (χ3v) is 6.66. The molecule has 1 atom stereocenters. The first-order valence-electron chi connectivity index (χ1n) is 12.9. The zero-order valence-electron chi connectivity index (χ0n) is 22.1. The molecule has 1 aliphatic heterocycles. The molecule has 5 rings (SSSR count). The largest absolute Gasteiger partial charge is 0.425 e. The third-order valence-electron chi connectivity index (χ3n) is 6.66. The van der Waals surface area contributed by atoms with Gasteiger partial charge in [-0.15, -0.1) is 0 Å². The molecule has 0 bridgehead atoms. The van der Waals surface area contributed by atoms with E-state index in [1.165, 1.54) is 24.3 Å². The van der Waals surface area contributed by atoms with Gasteiger partial charge in [0.15, 0.2) is 0 Å². The molecular formula is C31H26N2O8. The molecule has 1 N–H and O–H groups in total. The van der Waals surface area contributed by atoms with Gasteiger partial charge in [-0.25, -0.2) is 9.59 Å². The molecule has 3 aromatic carbocycles. The SMILES string of the molecule is COCCCNC(=O)c1cc2ccc(OC(=O)C(Cc3ccccc3)N3C(=O)c4ccccc4C3=O)cc2oc1=O. The van der Waals surface area contributed by atoms with Crippen LogP contribution in [0.4, 0.5) is 0 Å². The number of hydrogen-bond acceptors (Lipinski definition) is 8. The molecule has 4 aromatic rings. The van der Waals surface area contributed by atoms with E-state index in [-0.39, 0.29) is 34.4 Å². The van der Waals surface area contributed by atoms with Gasteiger partial charge in [-0.3, -0.25) is 19.3 Å². The van der Waals surface area contributed by atoms with Crippen molar-refractivity contribution in [2.75, 3.05) is 20.3 Å². The van der Waals surface area contributed by atoms with Crippen molar-refractivity contribution in [2.45, 2.75) is 18.9 Å². The van der Waals surface area contributed by atoms with Crippen LogP contribution in [-0.2, 0) is 16.0 Å². The molecule has 2 heterocycles. The average molecular weight is 555 g/mol. The van der Waals surface area contributed by atoms with E-state index in [9.17, 15) is 24.0 Å². The normalized spacial score (nSPS) is 13.2. The van der Waals surface area contributed by atoms with E-state index >= 15 is 0 Å². The fraction of sp³-hybridized carbons (Fsp3) is 0.194. The molecule has 3 amide bonds. The minimum atomic E-state index is -1.25. The number of benzene rings is 3. The second-order valence-electron chi connectivity index (χ2n) is 9.40. The summed E-state index contributed by atoms with van der Waals surface area (Å²) in [5.41, 5.74) is 0.246.